The van der Waals surface area contributed by atoms with Gasteiger partial charge in [0.15, 0.2) is 5.82 Å². The van der Waals surface area contributed by atoms with Gasteiger partial charge in [-0.3, -0.25) is 4.31 Å². The number of hydrogen-bond acceptors (Lipinski definition) is 6. The van der Waals surface area contributed by atoms with Gasteiger partial charge in [0.1, 0.15) is 5.82 Å². The van der Waals surface area contributed by atoms with Crippen LogP contribution in [-0.2, 0) is 0 Å². The third kappa shape index (κ3) is 5.03. The number of halogens is 2. The van der Waals surface area contributed by atoms with Gasteiger partial charge in [0.05, 0.1) is 19.8 Å². The van der Waals surface area contributed by atoms with Crippen molar-refractivity contribution in [3.63, 3.8) is 0 Å². The van der Waals surface area contributed by atoms with Crippen molar-refractivity contribution in [2.75, 3.05) is 36.8 Å². The van der Waals surface area contributed by atoms with Gasteiger partial charge in [-0.25, -0.2) is 8.78 Å². The van der Waals surface area contributed by atoms with Crippen LogP contribution in [0.5, 0.6) is 0 Å². The van der Waals surface area contributed by atoms with E-state index in [4.69, 9.17) is 0 Å². The molecule has 1 aliphatic rings. The predicted octanol–water partition coefficient (Wildman–Crippen LogP) is 5.70. The molecule has 1 fully saturated rings. The Hall–Kier alpha value is -0.960. The van der Waals surface area contributed by atoms with E-state index in [1.54, 1.807) is 23.3 Å². The molecule has 2 heterocycles. The molecular weight excluding hydrogens is 380 g/mol. The van der Waals surface area contributed by atoms with Gasteiger partial charge in [-0.05, 0) is 69.4 Å². The second-order valence-electron chi connectivity index (χ2n) is 6.01. The fourth-order valence-corrected chi connectivity index (χ4v) is 5.82. The molecule has 0 amide bonds. The van der Waals surface area contributed by atoms with Crippen molar-refractivity contribution in [1.82, 2.24) is 4.31 Å². The van der Waals surface area contributed by atoms with Crippen LogP contribution in [0.2, 0.25) is 0 Å². The Labute approximate surface area is 160 Å². The van der Waals surface area contributed by atoms with E-state index >= 15 is 0 Å². The summed E-state index contributed by atoms with van der Waals surface area (Å²) in [5, 5.41) is 0. The highest BCUT2D eigenvalue weighted by molar-refractivity contribution is 8.03. The molecule has 25 heavy (non-hydrogen) atoms. The Balaban J connectivity index is 1.75. The molecule has 0 atom stereocenters. The first-order valence-electron chi connectivity index (χ1n) is 8.15. The summed E-state index contributed by atoms with van der Waals surface area (Å²) in [6.07, 6.45) is 3.25. The van der Waals surface area contributed by atoms with E-state index in [0.717, 1.165) is 36.2 Å². The number of hydrogen-bond donors (Lipinski definition) is 1. The fourth-order valence-electron chi connectivity index (χ4n) is 2.78. The lowest BCUT2D eigenvalue weighted by atomic mass is 10.1. The van der Waals surface area contributed by atoms with Crippen LogP contribution in [0.1, 0.15) is 19.3 Å². The summed E-state index contributed by atoms with van der Waals surface area (Å²) < 4.78 is 35.6. The Kier molecular flexibility index (Phi) is 6.49. The highest BCUT2D eigenvalue weighted by Crippen LogP contribution is 2.38. The maximum atomic E-state index is 14.4. The van der Waals surface area contributed by atoms with Gasteiger partial charge in [-0.15, -0.1) is 11.3 Å². The largest absolute Gasteiger partial charge is 0.367 e. The zero-order valence-corrected chi connectivity index (χ0v) is 16.7. The summed E-state index contributed by atoms with van der Waals surface area (Å²) in [6.45, 7) is 1.62. The van der Waals surface area contributed by atoms with Crippen LogP contribution in [0.25, 0.3) is 0 Å². The second kappa shape index (κ2) is 8.62. The number of piperidine rings is 1. The first-order valence-corrected chi connectivity index (χ1v) is 10.6. The van der Waals surface area contributed by atoms with E-state index in [0.29, 0.717) is 11.4 Å². The Morgan fingerprint density at radius 3 is 2.52 bits per heavy atom. The van der Waals surface area contributed by atoms with Crippen molar-refractivity contribution in [3.8, 4) is 0 Å². The summed E-state index contributed by atoms with van der Waals surface area (Å²) in [6, 6.07) is 6.42. The Morgan fingerprint density at radius 1 is 1.08 bits per heavy atom. The van der Waals surface area contributed by atoms with E-state index in [-0.39, 0.29) is 0 Å². The number of anilines is 2. The van der Waals surface area contributed by atoms with E-state index in [1.165, 1.54) is 28.6 Å². The SMILES string of the molecule is CN(C)Sc1ccc(SNc2cc(F)cc(F)c2N2CCCCC2)s1. The highest BCUT2D eigenvalue weighted by Gasteiger charge is 2.20. The standard InChI is InChI=1S/C17H21F2N3S3/c1-21(2)25-16-7-6-15(23-16)24-20-14-11-12(18)10-13(19)17(14)22-8-4-3-5-9-22/h6-7,10-11,20H,3-5,8-9H2,1-2H3. The Bertz CT molecular complexity index is 715. The number of nitrogens with zero attached hydrogens (tertiary/aromatic N) is 2. The fraction of sp³-hybridized carbons (Fsp3) is 0.412. The van der Waals surface area contributed by atoms with Crippen molar-refractivity contribution < 1.29 is 8.78 Å². The van der Waals surface area contributed by atoms with E-state index in [9.17, 15) is 8.78 Å². The minimum Gasteiger partial charge on any atom is -0.367 e. The van der Waals surface area contributed by atoms with Crippen molar-refractivity contribution in [2.24, 2.45) is 0 Å². The molecule has 1 aliphatic heterocycles. The van der Waals surface area contributed by atoms with Gasteiger partial charge in [-0.2, -0.15) is 0 Å². The molecule has 3 rings (SSSR count). The molecule has 0 radical (unpaired) electrons. The van der Waals surface area contributed by atoms with Gasteiger partial charge in [0, 0.05) is 25.2 Å². The van der Waals surface area contributed by atoms with Crippen molar-refractivity contribution in [3.05, 3.63) is 35.9 Å². The van der Waals surface area contributed by atoms with Crippen LogP contribution in [0.3, 0.4) is 0 Å². The average Bonchev–Trinajstić information content (AvgIpc) is 3.00. The molecule has 1 saturated heterocycles. The molecule has 0 spiro atoms. The Morgan fingerprint density at radius 2 is 1.80 bits per heavy atom. The van der Waals surface area contributed by atoms with Crippen LogP contribution in [0, 0.1) is 11.6 Å². The molecule has 0 saturated carbocycles. The molecule has 1 aromatic carbocycles. The average molecular weight is 402 g/mol. The number of rotatable bonds is 6. The minimum absolute atomic E-state index is 0.480. The highest BCUT2D eigenvalue weighted by atomic mass is 32.2. The number of benzene rings is 1. The van der Waals surface area contributed by atoms with E-state index < -0.39 is 11.6 Å². The summed E-state index contributed by atoms with van der Waals surface area (Å²) in [5.74, 6) is -1.06. The van der Waals surface area contributed by atoms with Crippen molar-refractivity contribution in [1.29, 1.82) is 0 Å². The maximum Gasteiger partial charge on any atom is 0.151 e. The molecule has 3 nitrogen and oxygen atoms in total. The molecule has 2 aromatic rings. The van der Waals surface area contributed by atoms with Crippen LogP contribution in [0.15, 0.2) is 32.7 Å². The van der Waals surface area contributed by atoms with E-state index in [1.807, 2.05) is 29.4 Å². The summed E-state index contributed by atoms with van der Waals surface area (Å²) in [4.78, 5) is 2.02. The zero-order chi connectivity index (χ0) is 17.8. The predicted molar refractivity (Wildman–Crippen MR) is 106 cm³/mol. The molecule has 1 N–H and O–H groups in total. The lowest BCUT2D eigenvalue weighted by molar-refractivity contribution is 0.548. The molecular formula is C17H21F2N3S3. The van der Waals surface area contributed by atoms with Crippen LogP contribution in [-0.4, -0.2) is 31.5 Å². The monoisotopic (exact) mass is 401 g/mol. The zero-order valence-electron chi connectivity index (χ0n) is 14.2. The number of nitrogens with one attached hydrogen (secondary N) is 1. The van der Waals surface area contributed by atoms with Gasteiger partial charge in [0.25, 0.3) is 0 Å². The molecule has 0 bridgehead atoms. The first-order chi connectivity index (χ1) is 12.0. The van der Waals surface area contributed by atoms with Crippen LogP contribution in [0.4, 0.5) is 20.2 Å². The quantitative estimate of drug-likeness (QED) is 0.624. The van der Waals surface area contributed by atoms with Crippen molar-refractivity contribution in [2.45, 2.75) is 27.7 Å². The summed E-state index contributed by atoms with van der Waals surface area (Å²) in [7, 11) is 3.99. The summed E-state index contributed by atoms with van der Waals surface area (Å²) >= 11 is 4.70. The molecule has 0 unspecified atom stereocenters. The van der Waals surface area contributed by atoms with E-state index in [2.05, 4.69) is 10.8 Å². The smallest absolute Gasteiger partial charge is 0.151 e. The molecule has 0 aliphatic carbocycles. The molecule has 8 heteroatoms. The molecule has 1 aromatic heterocycles. The lowest BCUT2D eigenvalue weighted by Gasteiger charge is -2.30. The van der Waals surface area contributed by atoms with Gasteiger partial charge >= 0.3 is 0 Å². The van der Waals surface area contributed by atoms with Gasteiger partial charge in [0.2, 0.25) is 0 Å². The van der Waals surface area contributed by atoms with Crippen LogP contribution < -0.4 is 9.62 Å². The first kappa shape index (κ1) is 18.8. The minimum atomic E-state index is -0.559. The summed E-state index contributed by atoms with van der Waals surface area (Å²) in [5.41, 5.74) is 0.979. The topological polar surface area (TPSA) is 18.5 Å². The number of thiophene rings is 1. The third-order valence-corrected chi connectivity index (χ3v) is 6.78. The lowest BCUT2D eigenvalue weighted by Crippen LogP contribution is -2.30. The van der Waals surface area contributed by atoms with Gasteiger partial charge < -0.3 is 9.62 Å². The second-order valence-corrected chi connectivity index (χ2v) is 9.81. The normalized spacial score (nSPS) is 15.0. The van der Waals surface area contributed by atoms with Crippen LogP contribution >= 0.6 is 35.2 Å². The van der Waals surface area contributed by atoms with Crippen molar-refractivity contribution >= 4 is 46.6 Å². The maximum absolute atomic E-state index is 14.4. The third-order valence-electron chi connectivity index (χ3n) is 3.79. The van der Waals surface area contributed by atoms with Gasteiger partial charge in [-0.1, -0.05) is 0 Å². The molecule has 136 valence electrons.